The van der Waals surface area contributed by atoms with Gasteiger partial charge in [-0.25, -0.2) is 0 Å². The normalized spacial score (nSPS) is 19.4. The van der Waals surface area contributed by atoms with E-state index in [1.54, 1.807) is 0 Å². The summed E-state index contributed by atoms with van der Waals surface area (Å²) in [7, 11) is 1.89. The highest BCUT2D eigenvalue weighted by Crippen LogP contribution is 2.35. The molecule has 2 aliphatic rings. The number of nitrogens with zero attached hydrogens (tertiary/aromatic N) is 1. The zero-order valence-electron chi connectivity index (χ0n) is 11.1. The first kappa shape index (κ1) is 11.9. The van der Waals surface area contributed by atoms with Gasteiger partial charge in [-0.15, -0.1) is 0 Å². The summed E-state index contributed by atoms with van der Waals surface area (Å²) in [5.74, 6) is 1.98. The first-order chi connectivity index (χ1) is 8.78. The Labute approximate surface area is 109 Å². The minimum atomic E-state index is 0.342. The molecule has 0 N–H and O–H groups in total. The van der Waals surface area contributed by atoms with Crippen LogP contribution in [0.25, 0.3) is 0 Å². The second-order valence-corrected chi connectivity index (χ2v) is 5.09. The lowest BCUT2D eigenvalue weighted by atomic mass is 9.85. The molecule has 3 rings (SSSR count). The Morgan fingerprint density at radius 1 is 1.44 bits per heavy atom. The predicted octanol–water partition coefficient (Wildman–Crippen LogP) is 2.05. The lowest BCUT2D eigenvalue weighted by molar-refractivity contribution is 0.0233. The molecule has 4 heteroatoms. The van der Waals surface area contributed by atoms with Crippen LogP contribution in [-0.4, -0.2) is 38.1 Å². The molecule has 0 aliphatic carbocycles. The highest BCUT2D eigenvalue weighted by Gasteiger charge is 2.28. The minimum Gasteiger partial charge on any atom is -0.563 e. The van der Waals surface area contributed by atoms with E-state index in [0.717, 1.165) is 49.4 Å². The second-order valence-electron chi connectivity index (χ2n) is 5.09. The molecular weight excluding hydrogens is 225 g/mol. The first-order valence-corrected chi connectivity index (χ1v) is 6.77. The fourth-order valence-electron chi connectivity index (χ4n) is 2.61. The molecule has 1 aromatic carbocycles. The number of rotatable bonds is 3. The summed E-state index contributed by atoms with van der Waals surface area (Å²) >= 11 is 0. The van der Waals surface area contributed by atoms with E-state index in [9.17, 15) is 0 Å². The molecule has 3 nitrogen and oxygen atoms in total. The SMILES string of the molecule is CCN1CC(Oc2ccc3c(c2C)O[B]CC3)C1. The largest absolute Gasteiger partial charge is 0.563 e. The number of aryl methyl sites for hydroxylation is 1. The molecule has 2 heterocycles. The average molecular weight is 244 g/mol. The van der Waals surface area contributed by atoms with E-state index >= 15 is 0 Å². The van der Waals surface area contributed by atoms with Crippen molar-refractivity contribution in [1.82, 2.24) is 4.90 Å². The molecule has 1 saturated heterocycles. The third kappa shape index (κ3) is 2.10. The van der Waals surface area contributed by atoms with Crippen LogP contribution in [-0.2, 0) is 6.42 Å². The third-order valence-electron chi connectivity index (χ3n) is 3.83. The van der Waals surface area contributed by atoms with Crippen LogP contribution in [0.4, 0.5) is 0 Å². The molecule has 1 aromatic rings. The molecule has 2 aliphatic heterocycles. The van der Waals surface area contributed by atoms with Gasteiger partial charge in [0.2, 0.25) is 0 Å². The van der Waals surface area contributed by atoms with Crippen LogP contribution in [0.2, 0.25) is 6.32 Å². The Hall–Kier alpha value is -1.16. The van der Waals surface area contributed by atoms with Crippen LogP contribution in [0, 0.1) is 6.92 Å². The van der Waals surface area contributed by atoms with Gasteiger partial charge in [-0.05, 0) is 37.8 Å². The van der Waals surface area contributed by atoms with Crippen molar-refractivity contribution >= 4 is 7.48 Å². The predicted molar refractivity (Wildman–Crippen MR) is 72.6 cm³/mol. The molecule has 1 fully saturated rings. The van der Waals surface area contributed by atoms with Gasteiger partial charge in [0.05, 0.1) is 0 Å². The lowest BCUT2D eigenvalue weighted by Crippen LogP contribution is -2.53. The number of hydrogen-bond acceptors (Lipinski definition) is 3. The van der Waals surface area contributed by atoms with Crippen LogP contribution >= 0.6 is 0 Å². The van der Waals surface area contributed by atoms with Crippen LogP contribution in [0.3, 0.4) is 0 Å². The number of fused-ring (bicyclic) bond motifs is 1. The minimum absolute atomic E-state index is 0.342. The van der Waals surface area contributed by atoms with Gasteiger partial charge in [-0.1, -0.05) is 13.0 Å². The molecular formula is C14H19BNO2. The molecule has 18 heavy (non-hydrogen) atoms. The lowest BCUT2D eigenvalue weighted by Gasteiger charge is -2.38. The van der Waals surface area contributed by atoms with E-state index in [1.165, 1.54) is 5.56 Å². The van der Waals surface area contributed by atoms with Crippen molar-refractivity contribution in [3.05, 3.63) is 23.3 Å². The molecule has 0 spiro atoms. The van der Waals surface area contributed by atoms with Crippen molar-refractivity contribution in [2.75, 3.05) is 19.6 Å². The summed E-state index contributed by atoms with van der Waals surface area (Å²) in [6, 6.07) is 4.23. The maximum Gasteiger partial charge on any atom is 0.370 e. The quantitative estimate of drug-likeness (QED) is 0.759. The van der Waals surface area contributed by atoms with Gasteiger partial charge < -0.3 is 9.39 Å². The maximum atomic E-state index is 6.04. The Kier molecular flexibility index (Phi) is 3.21. The van der Waals surface area contributed by atoms with E-state index in [1.807, 2.05) is 7.48 Å². The topological polar surface area (TPSA) is 21.7 Å². The van der Waals surface area contributed by atoms with E-state index in [2.05, 4.69) is 30.9 Å². The zero-order chi connectivity index (χ0) is 12.5. The van der Waals surface area contributed by atoms with Crippen LogP contribution in [0.15, 0.2) is 12.1 Å². The Morgan fingerprint density at radius 2 is 2.28 bits per heavy atom. The van der Waals surface area contributed by atoms with Crippen molar-refractivity contribution < 1.29 is 9.39 Å². The smallest absolute Gasteiger partial charge is 0.370 e. The van der Waals surface area contributed by atoms with Gasteiger partial charge in [0, 0.05) is 18.7 Å². The summed E-state index contributed by atoms with van der Waals surface area (Å²) < 4.78 is 11.7. The molecule has 0 bridgehead atoms. The van der Waals surface area contributed by atoms with Crippen molar-refractivity contribution in [3.8, 4) is 11.5 Å². The monoisotopic (exact) mass is 244 g/mol. The summed E-state index contributed by atoms with van der Waals surface area (Å²) in [5.41, 5.74) is 2.43. The number of hydrogen-bond donors (Lipinski definition) is 0. The van der Waals surface area contributed by atoms with Crippen LogP contribution < -0.4 is 9.39 Å². The number of likely N-dealkylation sites (tertiary alicyclic amines) is 1. The van der Waals surface area contributed by atoms with E-state index in [0.29, 0.717) is 6.10 Å². The van der Waals surface area contributed by atoms with Gasteiger partial charge in [0.1, 0.15) is 17.6 Å². The first-order valence-electron chi connectivity index (χ1n) is 6.77. The average Bonchev–Trinajstić information content (AvgIpc) is 2.36. The summed E-state index contributed by atoms with van der Waals surface area (Å²) in [4.78, 5) is 2.38. The van der Waals surface area contributed by atoms with Gasteiger partial charge in [-0.3, -0.25) is 4.90 Å². The van der Waals surface area contributed by atoms with Crippen molar-refractivity contribution in [2.24, 2.45) is 0 Å². The van der Waals surface area contributed by atoms with E-state index < -0.39 is 0 Å². The van der Waals surface area contributed by atoms with Gasteiger partial charge >= 0.3 is 7.48 Å². The zero-order valence-corrected chi connectivity index (χ0v) is 11.1. The van der Waals surface area contributed by atoms with E-state index in [4.69, 9.17) is 9.39 Å². The molecule has 0 unspecified atom stereocenters. The fraction of sp³-hybridized carbons (Fsp3) is 0.571. The second kappa shape index (κ2) is 4.85. The Bertz CT molecular complexity index is 444. The van der Waals surface area contributed by atoms with Crippen molar-refractivity contribution in [3.63, 3.8) is 0 Å². The fourth-order valence-corrected chi connectivity index (χ4v) is 2.61. The molecule has 0 amide bonds. The highest BCUT2D eigenvalue weighted by atomic mass is 16.5. The molecule has 0 aromatic heterocycles. The van der Waals surface area contributed by atoms with Crippen molar-refractivity contribution in [1.29, 1.82) is 0 Å². The number of ether oxygens (including phenoxy) is 1. The summed E-state index contributed by atoms with van der Waals surface area (Å²) in [5, 5.41) is 0. The summed E-state index contributed by atoms with van der Waals surface area (Å²) in [6.07, 6.45) is 2.42. The van der Waals surface area contributed by atoms with E-state index in [-0.39, 0.29) is 0 Å². The number of benzene rings is 1. The van der Waals surface area contributed by atoms with Crippen LogP contribution in [0.1, 0.15) is 18.1 Å². The molecule has 0 saturated carbocycles. The van der Waals surface area contributed by atoms with Gasteiger partial charge in [0.25, 0.3) is 0 Å². The highest BCUT2D eigenvalue weighted by molar-refractivity contribution is 6.29. The third-order valence-corrected chi connectivity index (χ3v) is 3.83. The Morgan fingerprint density at radius 3 is 3.06 bits per heavy atom. The van der Waals surface area contributed by atoms with Gasteiger partial charge in [-0.2, -0.15) is 0 Å². The molecule has 1 radical (unpaired) electrons. The molecule has 95 valence electrons. The maximum absolute atomic E-state index is 6.04. The summed E-state index contributed by atoms with van der Waals surface area (Å²) in [6.45, 7) is 7.47. The molecule has 0 atom stereocenters. The number of likely N-dealkylation sites (N-methyl/N-ethyl adjacent to an activating group) is 1. The Balaban J connectivity index is 1.73. The standard InChI is InChI=1S/C14H19BNO2/c1-3-16-8-12(9-16)17-13-5-4-11-6-7-15-18-14(11)10(13)2/h4-5,12H,3,6-9H2,1-2H3. The van der Waals surface area contributed by atoms with Gasteiger partial charge in [0.15, 0.2) is 0 Å². The van der Waals surface area contributed by atoms with Crippen molar-refractivity contribution in [2.45, 2.75) is 32.7 Å². The van der Waals surface area contributed by atoms with Crippen LogP contribution in [0.5, 0.6) is 11.5 Å².